The summed E-state index contributed by atoms with van der Waals surface area (Å²) in [5.74, 6) is -0.570. The number of carbonyl (C=O) groups excluding carboxylic acids is 1. The molecule has 0 atom stereocenters. The van der Waals surface area contributed by atoms with Gasteiger partial charge in [-0.05, 0) is 42.8 Å². The second kappa shape index (κ2) is 4.33. The van der Waals surface area contributed by atoms with Gasteiger partial charge in [-0.2, -0.15) is 0 Å². The summed E-state index contributed by atoms with van der Waals surface area (Å²) in [4.78, 5) is 15.9. The average molecular weight is 230 g/mol. The fraction of sp³-hybridized carbons (Fsp3) is 0.0769. The van der Waals surface area contributed by atoms with Crippen LogP contribution in [0.15, 0.2) is 36.5 Å². The summed E-state index contributed by atoms with van der Waals surface area (Å²) >= 11 is 0. The maximum absolute atomic E-state index is 13.1. The van der Waals surface area contributed by atoms with Crippen LogP contribution in [0.3, 0.4) is 0 Å². The third-order valence-corrected chi connectivity index (χ3v) is 2.44. The summed E-state index contributed by atoms with van der Waals surface area (Å²) in [5.41, 5.74) is 7.13. The zero-order valence-corrected chi connectivity index (χ0v) is 9.27. The van der Waals surface area contributed by atoms with E-state index in [-0.39, 0.29) is 11.6 Å². The van der Waals surface area contributed by atoms with E-state index < -0.39 is 0 Å². The van der Waals surface area contributed by atoms with Gasteiger partial charge in [0.2, 0.25) is 5.78 Å². The van der Waals surface area contributed by atoms with Crippen molar-refractivity contribution < 1.29 is 9.18 Å². The first kappa shape index (κ1) is 11.3. The summed E-state index contributed by atoms with van der Waals surface area (Å²) in [6.45, 7) is 1.61. The second-order valence-corrected chi connectivity index (χ2v) is 3.77. The predicted molar refractivity (Wildman–Crippen MR) is 63.2 cm³/mol. The van der Waals surface area contributed by atoms with Crippen molar-refractivity contribution in [1.29, 1.82) is 0 Å². The molecule has 2 aromatic rings. The van der Waals surface area contributed by atoms with Crippen molar-refractivity contribution in [2.75, 3.05) is 5.73 Å². The number of nitrogens with two attached hydrogens (primary N) is 1. The van der Waals surface area contributed by atoms with Crippen LogP contribution in [0.1, 0.15) is 21.6 Å². The summed E-state index contributed by atoms with van der Waals surface area (Å²) in [6.07, 6.45) is 1.42. The Morgan fingerprint density at radius 2 is 2.06 bits per heavy atom. The monoisotopic (exact) mass is 230 g/mol. The van der Waals surface area contributed by atoms with Crippen molar-refractivity contribution >= 4 is 11.5 Å². The standard InChI is InChI=1S/C13H11FN2O/c1-8-6-9(2-4-11(8)14)13(17)12-5-3-10(15)7-16-12/h2-7H,15H2,1H3. The molecule has 1 heterocycles. The molecule has 0 unspecified atom stereocenters. The first-order valence-corrected chi connectivity index (χ1v) is 5.10. The minimum atomic E-state index is -0.327. The van der Waals surface area contributed by atoms with E-state index in [1.165, 1.54) is 24.4 Å². The van der Waals surface area contributed by atoms with Gasteiger partial charge in [-0.15, -0.1) is 0 Å². The lowest BCUT2D eigenvalue weighted by Gasteiger charge is -2.03. The first-order chi connectivity index (χ1) is 8.08. The molecular weight excluding hydrogens is 219 g/mol. The molecule has 3 nitrogen and oxygen atoms in total. The van der Waals surface area contributed by atoms with Gasteiger partial charge in [-0.25, -0.2) is 4.39 Å². The van der Waals surface area contributed by atoms with Crippen LogP contribution in [0.4, 0.5) is 10.1 Å². The molecule has 0 fully saturated rings. The van der Waals surface area contributed by atoms with E-state index in [2.05, 4.69) is 4.98 Å². The molecule has 1 aromatic carbocycles. The van der Waals surface area contributed by atoms with Gasteiger partial charge in [-0.1, -0.05) is 0 Å². The molecule has 0 saturated carbocycles. The molecule has 17 heavy (non-hydrogen) atoms. The lowest BCUT2D eigenvalue weighted by atomic mass is 10.0. The Balaban J connectivity index is 2.37. The lowest BCUT2D eigenvalue weighted by molar-refractivity contribution is 0.103. The van der Waals surface area contributed by atoms with Crippen molar-refractivity contribution in [3.63, 3.8) is 0 Å². The summed E-state index contributed by atoms with van der Waals surface area (Å²) in [5, 5.41) is 0. The van der Waals surface area contributed by atoms with Gasteiger partial charge in [0.15, 0.2) is 0 Å². The highest BCUT2D eigenvalue weighted by atomic mass is 19.1. The summed E-state index contributed by atoms with van der Waals surface area (Å²) in [7, 11) is 0. The molecule has 86 valence electrons. The van der Waals surface area contributed by atoms with Gasteiger partial charge in [0.1, 0.15) is 11.5 Å². The van der Waals surface area contributed by atoms with Crippen LogP contribution in [0, 0.1) is 12.7 Å². The smallest absolute Gasteiger partial charge is 0.211 e. The molecule has 0 bridgehead atoms. The van der Waals surface area contributed by atoms with Crippen LogP contribution in [0.2, 0.25) is 0 Å². The predicted octanol–water partition coefficient (Wildman–Crippen LogP) is 2.34. The summed E-state index contributed by atoms with van der Waals surface area (Å²) < 4.78 is 13.1. The number of hydrogen-bond acceptors (Lipinski definition) is 3. The highest BCUT2D eigenvalue weighted by Gasteiger charge is 2.11. The van der Waals surface area contributed by atoms with Gasteiger partial charge in [0.05, 0.1) is 11.9 Å². The normalized spacial score (nSPS) is 10.2. The molecule has 0 spiro atoms. The Morgan fingerprint density at radius 1 is 1.29 bits per heavy atom. The molecule has 0 saturated heterocycles. The maximum atomic E-state index is 13.1. The number of pyridine rings is 1. The molecule has 0 radical (unpaired) electrons. The van der Waals surface area contributed by atoms with Crippen molar-refractivity contribution in [2.24, 2.45) is 0 Å². The van der Waals surface area contributed by atoms with Crippen LogP contribution in [-0.4, -0.2) is 10.8 Å². The fourth-order valence-corrected chi connectivity index (χ4v) is 1.47. The van der Waals surface area contributed by atoms with Gasteiger partial charge < -0.3 is 5.73 Å². The highest BCUT2D eigenvalue weighted by molar-refractivity contribution is 6.07. The number of ketones is 1. The molecule has 0 aliphatic rings. The number of aromatic nitrogens is 1. The van der Waals surface area contributed by atoms with E-state index in [0.29, 0.717) is 22.5 Å². The zero-order valence-electron chi connectivity index (χ0n) is 9.27. The number of anilines is 1. The van der Waals surface area contributed by atoms with Crippen LogP contribution in [0.5, 0.6) is 0 Å². The molecule has 2 rings (SSSR count). The molecule has 2 N–H and O–H groups in total. The van der Waals surface area contributed by atoms with E-state index in [4.69, 9.17) is 5.73 Å². The van der Waals surface area contributed by atoms with E-state index >= 15 is 0 Å². The Bertz CT molecular complexity index is 564. The van der Waals surface area contributed by atoms with Crippen LogP contribution >= 0.6 is 0 Å². The SMILES string of the molecule is Cc1cc(C(=O)c2ccc(N)cn2)ccc1F. The molecule has 0 aliphatic heterocycles. The van der Waals surface area contributed by atoms with E-state index in [1.807, 2.05) is 0 Å². The molecule has 1 aromatic heterocycles. The van der Waals surface area contributed by atoms with Gasteiger partial charge in [0.25, 0.3) is 0 Å². The third-order valence-electron chi connectivity index (χ3n) is 2.44. The molecular formula is C13H11FN2O. The van der Waals surface area contributed by atoms with Crippen LogP contribution < -0.4 is 5.73 Å². The van der Waals surface area contributed by atoms with Crippen LogP contribution in [0.25, 0.3) is 0 Å². The van der Waals surface area contributed by atoms with Gasteiger partial charge in [0, 0.05) is 5.56 Å². The van der Waals surface area contributed by atoms with Gasteiger partial charge in [-0.3, -0.25) is 9.78 Å². The minimum absolute atomic E-state index is 0.242. The Morgan fingerprint density at radius 3 is 2.65 bits per heavy atom. The van der Waals surface area contributed by atoms with Crippen molar-refractivity contribution in [2.45, 2.75) is 6.92 Å². The maximum Gasteiger partial charge on any atom is 0.211 e. The first-order valence-electron chi connectivity index (χ1n) is 5.10. The van der Waals surface area contributed by atoms with Gasteiger partial charge >= 0.3 is 0 Å². The van der Waals surface area contributed by atoms with E-state index in [9.17, 15) is 9.18 Å². The average Bonchev–Trinajstić information content (AvgIpc) is 2.33. The Labute approximate surface area is 98.1 Å². The number of halogens is 1. The minimum Gasteiger partial charge on any atom is -0.397 e. The number of aryl methyl sites for hydroxylation is 1. The fourth-order valence-electron chi connectivity index (χ4n) is 1.47. The van der Waals surface area contributed by atoms with Crippen molar-refractivity contribution in [3.05, 3.63) is 59.2 Å². The molecule has 4 heteroatoms. The third kappa shape index (κ3) is 2.30. The lowest BCUT2D eigenvalue weighted by Crippen LogP contribution is -2.05. The highest BCUT2D eigenvalue weighted by Crippen LogP contribution is 2.13. The molecule has 0 aliphatic carbocycles. The number of benzene rings is 1. The zero-order chi connectivity index (χ0) is 12.4. The number of hydrogen-bond donors (Lipinski definition) is 1. The van der Waals surface area contributed by atoms with Crippen molar-refractivity contribution in [3.8, 4) is 0 Å². The van der Waals surface area contributed by atoms with E-state index in [0.717, 1.165) is 0 Å². The Kier molecular flexibility index (Phi) is 2.87. The number of rotatable bonds is 2. The molecule has 0 amide bonds. The van der Waals surface area contributed by atoms with Crippen molar-refractivity contribution in [1.82, 2.24) is 4.98 Å². The Hall–Kier alpha value is -2.23. The number of nitrogens with zero attached hydrogens (tertiary/aromatic N) is 1. The number of carbonyl (C=O) groups is 1. The van der Waals surface area contributed by atoms with Crippen LogP contribution in [-0.2, 0) is 0 Å². The quantitative estimate of drug-likeness (QED) is 0.805. The van der Waals surface area contributed by atoms with E-state index in [1.54, 1.807) is 19.1 Å². The topological polar surface area (TPSA) is 56.0 Å². The second-order valence-electron chi connectivity index (χ2n) is 3.77. The number of nitrogen functional groups attached to an aromatic ring is 1. The largest absolute Gasteiger partial charge is 0.397 e. The summed E-state index contributed by atoms with van der Waals surface area (Å²) in [6, 6.07) is 7.39.